The molecule has 0 spiro atoms. The summed E-state index contributed by atoms with van der Waals surface area (Å²) in [5, 5.41) is 7.00. The van der Waals surface area contributed by atoms with E-state index in [9.17, 15) is 4.79 Å². The van der Waals surface area contributed by atoms with Gasteiger partial charge in [0.1, 0.15) is 0 Å². The molecule has 6 nitrogen and oxygen atoms in total. The molecule has 0 saturated carbocycles. The zero-order chi connectivity index (χ0) is 18.1. The van der Waals surface area contributed by atoms with E-state index in [1.54, 1.807) is 24.3 Å². The first-order valence-electron chi connectivity index (χ1n) is 7.88. The van der Waals surface area contributed by atoms with Gasteiger partial charge in [-0.15, -0.1) is 0 Å². The fourth-order valence-corrected chi connectivity index (χ4v) is 2.33. The second-order valence-corrected chi connectivity index (χ2v) is 5.29. The molecule has 7 heteroatoms. The minimum absolute atomic E-state index is 0.419. The van der Waals surface area contributed by atoms with Crippen LogP contribution < -0.4 is 20.2 Å². The summed E-state index contributed by atoms with van der Waals surface area (Å²) in [6.07, 6.45) is 1.48. The van der Waals surface area contributed by atoms with E-state index in [1.807, 2.05) is 32.0 Å². The first kappa shape index (κ1) is 18.6. The first-order chi connectivity index (χ1) is 12.1. The molecule has 0 bridgehead atoms. The molecule has 0 atom stereocenters. The number of amides is 2. The lowest BCUT2D eigenvalue weighted by atomic mass is 10.2. The topological polar surface area (TPSA) is 72.0 Å². The summed E-state index contributed by atoms with van der Waals surface area (Å²) >= 11 is 6.23. The molecule has 132 valence electrons. The Kier molecular flexibility index (Phi) is 7.10. The molecule has 0 fully saturated rings. The number of hydrogen-bond acceptors (Lipinski definition) is 4. The maximum atomic E-state index is 11.8. The number of nitrogens with zero attached hydrogens (tertiary/aromatic N) is 1. The molecule has 0 heterocycles. The lowest BCUT2D eigenvalue weighted by Crippen LogP contribution is -2.24. The van der Waals surface area contributed by atoms with E-state index in [0.717, 1.165) is 0 Å². The van der Waals surface area contributed by atoms with Gasteiger partial charge in [-0.25, -0.2) is 10.2 Å². The summed E-state index contributed by atoms with van der Waals surface area (Å²) in [7, 11) is 0. The maximum Gasteiger partial charge on any atom is 0.339 e. The smallest absolute Gasteiger partial charge is 0.339 e. The fourth-order valence-electron chi connectivity index (χ4n) is 2.06. The Morgan fingerprint density at radius 3 is 2.56 bits per heavy atom. The number of halogens is 1. The number of carbonyl (C=O) groups is 1. The number of hydrogen-bond donors (Lipinski definition) is 2. The maximum absolute atomic E-state index is 11.8. The number of carbonyl (C=O) groups excluding carboxylic acids is 1. The van der Waals surface area contributed by atoms with Gasteiger partial charge in [0.15, 0.2) is 11.5 Å². The molecular weight excluding hydrogens is 342 g/mol. The predicted octanol–water partition coefficient (Wildman–Crippen LogP) is 4.29. The van der Waals surface area contributed by atoms with E-state index < -0.39 is 6.03 Å². The molecule has 0 aromatic heterocycles. The van der Waals surface area contributed by atoms with Gasteiger partial charge in [-0.05, 0) is 43.7 Å². The number of urea groups is 1. The molecule has 0 saturated heterocycles. The van der Waals surface area contributed by atoms with E-state index in [0.29, 0.717) is 41.0 Å². The summed E-state index contributed by atoms with van der Waals surface area (Å²) in [6.45, 7) is 4.71. The average Bonchev–Trinajstić information content (AvgIpc) is 2.59. The van der Waals surface area contributed by atoms with Crippen molar-refractivity contribution in [2.75, 3.05) is 18.5 Å². The standard InChI is InChI=1S/C18H20ClN3O3/c1-3-24-16-11-13(10-15(19)17(16)25-4-2)12-20-22-18(23)21-14-8-6-5-7-9-14/h5-12H,3-4H2,1-2H3,(H2,21,22,23)/b20-12+. The van der Waals surface area contributed by atoms with Gasteiger partial charge < -0.3 is 14.8 Å². The van der Waals surface area contributed by atoms with Crippen LogP contribution in [0.25, 0.3) is 0 Å². The summed E-state index contributed by atoms with van der Waals surface area (Å²) in [5.41, 5.74) is 3.75. The molecule has 0 radical (unpaired) electrons. The zero-order valence-electron chi connectivity index (χ0n) is 14.1. The van der Waals surface area contributed by atoms with Crippen molar-refractivity contribution in [2.24, 2.45) is 5.10 Å². The van der Waals surface area contributed by atoms with Gasteiger partial charge in [0.25, 0.3) is 0 Å². The highest BCUT2D eigenvalue weighted by Gasteiger charge is 2.11. The van der Waals surface area contributed by atoms with Crippen molar-refractivity contribution in [3.8, 4) is 11.5 Å². The van der Waals surface area contributed by atoms with Gasteiger partial charge >= 0.3 is 6.03 Å². The molecule has 2 aromatic rings. The van der Waals surface area contributed by atoms with Crippen molar-refractivity contribution in [2.45, 2.75) is 13.8 Å². The Balaban J connectivity index is 2.03. The molecule has 2 aromatic carbocycles. The second kappa shape index (κ2) is 9.54. The van der Waals surface area contributed by atoms with Crippen molar-refractivity contribution in [3.05, 3.63) is 53.1 Å². The quantitative estimate of drug-likeness (QED) is 0.570. The van der Waals surface area contributed by atoms with Crippen LogP contribution in [0.4, 0.5) is 10.5 Å². The third-order valence-corrected chi connectivity index (χ3v) is 3.31. The Hall–Kier alpha value is -2.73. The normalized spacial score (nSPS) is 10.5. The SMILES string of the molecule is CCOc1cc(/C=N/NC(=O)Nc2ccccc2)cc(Cl)c1OCC. The number of anilines is 1. The molecule has 25 heavy (non-hydrogen) atoms. The van der Waals surface area contributed by atoms with Crippen molar-refractivity contribution in [1.82, 2.24) is 5.43 Å². The van der Waals surface area contributed by atoms with Gasteiger partial charge in [-0.1, -0.05) is 29.8 Å². The minimum Gasteiger partial charge on any atom is -0.490 e. The summed E-state index contributed by atoms with van der Waals surface area (Å²) in [6, 6.07) is 12.1. The third-order valence-electron chi connectivity index (χ3n) is 3.03. The summed E-state index contributed by atoms with van der Waals surface area (Å²) in [5.74, 6) is 1.03. The lowest BCUT2D eigenvalue weighted by molar-refractivity contribution is 0.252. The highest BCUT2D eigenvalue weighted by atomic mass is 35.5. The van der Waals surface area contributed by atoms with Gasteiger partial charge in [0.05, 0.1) is 24.5 Å². The number of hydrazone groups is 1. The van der Waals surface area contributed by atoms with Crippen LogP contribution in [0, 0.1) is 0 Å². The molecule has 2 N–H and O–H groups in total. The predicted molar refractivity (Wildman–Crippen MR) is 100.0 cm³/mol. The van der Waals surface area contributed by atoms with E-state index >= 15 is 0 Å². The van der Waals surface area contributed by atoms with Crippen LogP contribution in [0.3, 0.4) is 0 Å². The fraction of sp³-hybridized carbons (Fsp3) is 0.222. The van der Waals surface area contributed by atoms with E-state index in [1.165, 1.54) is 6.21 Å². The highest BCUT2D eigenvalue weighted by molar-refractivity contribution is 6.32. The molecule has 0 aliphatic rings. The Labute approximate surface area is 151 Å². The lowest BCUT2D eigenvalue weighted by Gasteiger charge is -2.13. The van der Waals surface area contributed by atoms with Crippen LogP contribution >= 0.6 is 11.6 Å². The third kappa shape index (κ3) is 5.69. The molecule has 0 aliphatic carbocycles. The van der Waals surface area contributed by atoms with Gasteiger partial charge in [0.2, 0.25) is 0 Å². The number of nitrogens with one attached hydrogen (secondary N) is 2. The van der Waals surface area contributed by atoms with Crippen LogP contribution in [-0.2, 0) is 0 Å². The van der Waals surface area contributed by atoms with E-state index in [4.69, 9.17) is 21.1 Å². The van der Waals surface area contributed by atoms with Crippen molar-refractivity contribution in [1.29, 1.82) is 0 Å². The second-order valence-electron chi connectivity index (χ2n) is 4.89. The van der Waals surface area contributed by atoms with Crippen LogP contribution in [0.1, 0.15) is 19.4 Å². The van der Waals surface area contributed by atoms with Crippen LogP contribution in [-0.4, -0.2) is 25.5 Å². The zero-order valence-corrected chi connectivity index (χ0v) is 14.8. The van der Waals surface area contributed by atoms with Gasteiger partial charge in [-0.2, -0.15) is 5.10 Å². The van der Waals surface area contributed by atoms with Gasteiger partial charge in [0, 0.05) is 5.69 Å². The average molecular weight is 362 g/mol. The Bertz CT molecular complexity index is 736. The van der Waals surface area contributed by atoms with E-state index in [2.05, 4.69) is 15.8 Å². The van der Waals surface area contributed by atoms with Crippen molar-refractivity contribution in [3.63, 3.8) is 0 Å². The molecule has 2 rings (SSSR count). The minimum atomic E-state index is -0.440. The summed E-state index contributed by atoms with van der Waals surface area (Å²) in [4.78, 5) is 11.8. The Morgan fingerprint density at radius 2 is 1.88 bits per heavy atom. The molecular formula is C18H20ClN3O3. The van der Waals surface area contributed by atoms with E-state index in [-0.39, 0.29) is 0 Å². The molecule has 2 amide bonds. The molecule has 0 aliphatic heterocycles. The number of rotatable bonds is 7. The van der Waals surface area contributed by atoms with Gasteiger partial charge in [-0.3, -0.25) is 0 Å². The largest absolute Gasteiger partial charge is 0.490 e. The monoisotopic (exact) mass is 361 g/mol. The van der Waals surface area contributed by atoms with Crippen molar-refractivity contribution < 1.29 is 14.3 Å². The first-order valence-corrected chi connectivity index (χ1v) is 8.26. The van der Waals surface area contributed by atoms with Crippen LogP contribution in [0.15, 0.2) is 47.6 Å². The molecule has 0 unspecified atom stereocenters. The number of ether oxygens (including phenoxy) is 2. The Morgan fingerprint density at radius 1 is 1.16 bits per heavy atom. The highest BCUT2D eigenvalue weighted by Crippen LogP contribution is 2.36. The van der Waals surface area contributed by atoms with Crippen LogP contribution in [0.5, 0.6) is 11.5 Å². The number of para-hydroxylation sites is 1. The summed E-state index contributed by atoms with van der Waals surface area (Å²) < 4.78 is 11.0. The van der Waals surface area contributed by atoms with Crippen molar-refractivity contribution >= 4 is 29.5 Å². The van der Waals surface area contributed by atoms with Crippen LogP contribution in [0.2, 0.25) is 5.02 Å². The number of benzene rings is 2.